The van der Waals surface area contributed by atoms with E-state index >= 15 is 0 Å². The van der Waals surface area contributed by atoms with Crippen molar-refractivity contribution in [3.8, 4) is 0 Å². The van der Waals surface area contributed by atoms with Gasteiger partial charge in [0.15, 0.2) is 0 Å². The van der Waals surface area contributed by atoms with E-state index in [2.05, 4.69) is 31.6 Å². The molecule has 2 aromatic heterocycles. The number of hydrogen-bond donors (Lipinski definition) is 4. The molecule has 2 saturated heterocycles. The molecule has 4 rings (SSSR count). The fourth-order valence-electron chi connectivity index (χ4n) is 3.42. The van der Waals surface area contributed by atoms with Crippen molar-refractivity contribution in [2.45, 2.75) is 37.5 Å². The van der Waals surface area contributed by atoms with E-state index < -0.39 is 0 Å². The predicted molar refractivity (Wildman–Crippen MR) is 99.7 cm³/mol. The highest BCUT2D eigenvalue weighted by molar-refractivity contribution is 5.92. The third-order valence-corrected chi connectivity index (χ3v) is 4.80. The number of carbonyl (C=O) groups excluding carboxylic acids is 1. The van der Waals surface area contributed by atoms with Crippen LogP contribution in [-0.4, -0.2) is 39.9 Å². The van der Waals surface area contributed by atoms with Crippen LogP contribution in [0.15, 0.2) is 36.8 Å². The number of hydrogen-bond acceptors (Lipinski definition) is 6. The SMILES string of the molecule is Cl.O=C(NC1CC(c2ccncc2)NN1)c1ccn(C2CCCNC2)n1. The first kappa shape index (κ1) is 18.8. The number of pyridine rings is 1. The maximum absolute atomic E-state index is 12.5. The molecular weight excluding hydrogens is 354 g/mol. The minimum absolute atomic E-state index is 0. The first-order valence-electron chi connectivity index (χ1n) is 8.77. The molecule has 4 heterocycles. The standard InChI is InChI=1S/C17H23N7O.ClH/c25-17(14-5-9-24(23-14)13-2-1-6-19-11-13)20-16-10-15(21-22-16)12-3-7-18-8-4-12;/h3-5,7-9,13,15-16,19,21-22H,1-2,6,10-11H2,(H,20,25);1H. The van der Waals surface area contributed by atoms with Gasteiger partial charge < -0.3 is 10.6 Å². The highest BCUT2D eigenvalue weighted by Gasteiger charge is 2.27. The Balaban J connectivity index is 0.00000196. The number of piperidine rings is 1. The molecule has 3 unspecified atom stereocenters. The number of nitrogens with zero attached hydrogens (tertiary/aromatic N) is 3. The molecule has 0 aromatic carbocycles. The van der Waals surface area contributed by atoms with Crippen LogP contribution in [0.1, 0.15) is 47.4 Å². The monoisotopic (exact) mass is 377 g/mol. The molecule has 2 aliphatic rings. The molecule has 2 fully saturated rings. The zero-order chi connectivity index (χ0) is 17.1. The molecule has 2 aromatic rings. The third-order valence-electron chi connectivity index (χ3n) is 4.80. The number of nitrogens with one attached hydrogen (secondary N) is 4. The Morgan fingerprint density at radius 1 is 1.23 bits per heavy atom. The van der Waals surface area contributed by atoms with Gasteiger partial charge in [-0.3, -0.25) is 14.5 Å². The van der Waals surface area contributed by atoms with Crippen LogP contribution < -0.4 is 21.5 Å². The lowest BCUT2D eigenvalue weighted by Gasteiger charge is -2.22. The molecule has 0 saturated carbocycles. The highest BCUT2D eigenvalue weighted by Crippen LogP contribution is 2.20. The van der Waals surface area contributed by atoms with Gasteiger partial charge in [-0.1, -0.05) is 0 Å². The van der Waals surface area contributed by atoms with E-state index in [9.17, 15) is 4.79 Å². The van der Waals surface area contributed by atoms with Crippen molar-refractivity contribution >= 4 is 18.3 Å². The van der Waals surface area contributed by atoms with Crippen LogP contribution in [0, 0.1) is 0 Å². The van der Waals surface area contributed by atoms with Crippen LogP contribution in [0.5, 0.6) is 0 Å². The Morgan fingerprint density at radius 2 is 2.08 bits per heavy atom. The summed E-state index contributed by atoms with van der Waals surface area (Å²) in [5.74, 6) is -0.155. The topological polar surface area (TPSA) is 95.9 Å². The quantitative estimate of drug-likeness (QED) is 0.633. The van der Waals surface area contributed by atoms with Gasteiger partial charge in [0.05, 0.1) is 12.2 Å². The van der Waals surface area contributed by atoms with Gasteiger partial charge in [-0.25, -0.2) is 10.9 Å². The summed E-state index contributed by atoms with van der Waals surface area (Å²) in [6, 6.07) is 6.22. The molecule has 0 radical (unpaired) electrons. The zero-order valence-corrected chi connectivity index (χ0v) is 15.2. The van der Waals surface area contributed by atoms with Crippen LogP contribution in [0.3, 0.4) is 0 Å². The van der Waals surface area contributed by atoms with E-state index in [4.69, 9.17) is 0 Å². The van der Waals surface area contributed by atoms with Crippen LogP contribution >= 0.6 is 12.4 Å². The lowest BCUT2D eigenvalue weighted by molar-refractivity contribution is 0.0926. The van der Waals surface area contributed by atoms with Crippen LogP contribution in [0.25, 0.3) is 0 Å². The van der Waals surface area contributed by atoms with Crippen LogP contribution in [0.4, 0.5) is 0 Å². The van der Waals surface area contributed by atoms with E-state index in [1.807, 2.05) is 23.0 Å². The first-order chi connectivity index (χ1) is 12.3. The molecule has 4 N–H and O–H groups in total. The number of amides is 1. The maximum Gasteiger partial charge on any atom is 0.273 e. The molecule has 140 valence electrons. The molecule has 0 spiro atoms. The van der Waals surface area contributed by atoms with Crippen molar-refractivity contribution in [1.82, 2.24) is 36.2 Å². The molecular formula is C17H24ClN7O. The van der Waals surface area contributed by atoms with E-state index in [1.54, 1.807) is 18.5 Å². The molecule has 0 bridgehead atoms. The number of rotatable bonds is 4. The van der Waals surface area contributed by atoms with Gasteiger partial charge in [0.2, 0.25) is 0 Å². The average Bonchev–Trinajstić information content (AvgIpc) is 3.33. The van der Waals surface area contributed by atoms with Gasteiger partial charge in [0.25, 0.3) is 5.91 Å². The van der Waals surface area contributed by atoms with Gasteiger partial charge in [-0.05, 0) is 43.1 Å². The summed E-state index contributed by atoms with van der Waals surface area (Å²) in [4.78, 5) is 16.5. The number of aromatic nitrogens is 3. The lowest BCUT2D eigenvalue weighted by Crippen LogP contribution is -2.44. The zero-order valence-electron chi connectivity index (χ0n) is 14.4. The Morgan fingerprint density at radius 3 is 2.85 bits per heavy atom. The van der Waals surface area contributed by atoms with Crippen LogP contribution in [-0.2, 0) is 0 Å². The van der Waals surface area contributed by atoms with Crippen molar-refractivity contribution < 1.29 is 4.79 Å². The van der Waals surface area contributed by atoms with Gasteiger partial charge in [0.1, 0.15) is 5.69 Å². The summed E-state index contributed by atoms with van der Waals surface area (Å²) in [6.07, 6.45) is 8.31. The first-order valence-corrected chi connectivity index (χ1v) is 8.77. The maximum atomic E-state index is 12.5. The smallest absolute Gasteiger partial charge is 0.273 e. The predicted octanol–water partition coefficient (Wildman–Crippen LogP) is 0.919. The van der Waals surface area contributed by atoms with E-state index in [1.165, 1.54) is 0 Å². The molecule has 9 heteroatoms. The minimum Gasteiger partial charge on any atom is -0.334 e. The van der Waals surface area contributed by atoms with Gasteiger partial charge in [-0.15, -0.1) is 12.4 Å². The second-order valence-corrected chi connectivity index (χ2v) is 6.56. The Kier molecular flexibility index (Phi) is 6.20. The molecule has 8 nitrogen and oxygen atoms in total. The van der Waals surface area contributed by atoms with Crippen molar-refractivity contribution in [2.24, 2.45) is 0 Å². The Bertz CT molecular complexity index is 717. The summed E-state index contributed by atoms with van der Waals surface area (Å²) < 4.78 is 1.90. The van der Waals surface area contributed by atoms with Crippen molar-refractivity contribution in [1.29, 1.82) is 0 Å². The largest absolute Gasteiger partial charge is 0.334 e. The molecule has 0 aliphatic carbocycles. The van der Waals surface area contributed by atoms with Crippen molar-refractivity contribution in [2.75, 3.05) is 13.1 Å². The van der Waals surface area contributed by atoms with E-state index in [-0.39, 0.29) is 30.5 Å². The summed E-state index contributed by atoms with van der Waals surface area (Å²) >= 11 is 0. The highest BCUT2D eigenvalue weighted by atomic mass is 35.5. The fraction of sp³-hybridized carbons (Fsp3) is 0.471. The molecule has 1 amide bonds. The Hall–Kier alpha value is -2.00. The summed E-state index contributed by atoms with van der Waals surface area (Å²) in [6.45, 7) is 1.97. The second-order valence-electron chi connectivity index (χ2n) is 6.56. The number of carbonyl (C=O) groups is 1. The summed E-state index contributed by atoms with van der Waals surface area (Å²) in [5, 5.41) is 10.8. The lowest BCUT2D eigenvalue weighted by atomic mass is 10.1. The summed E-state index contributed by atoms with van der Waals surface area (Å²) in [5.41, 5.74) is 7.94. The average molecular weight is 378 g/mol. The fourth-order valence-corrected chi connectivity index (χ4v) is 3.42. The van der Waals surface area contributed by atoms with E-state index in [0.29, 0.717) is 11.7 Å². The van der Waals surface area contributed by atoms with Gasteiger partial charge in [0, 0.05) is 37.6 Å². The third kappa shape index (κ3) is 4.21. The van der Waals surface area contributed by atoms with Gasteiger partial charge in [-0.2, -0.15) is 5.10 Å². The van der Waals surface area contributed by atoms with Gasteiger partial charge >= 0.3 is 0 Å². The molecule has 26 heavy (non-hydrogen) atoms. The number of hydrazine groups is 1. The van der Waals surface area contributed by atoms with Crippen molar-refractivity contribution in [3.63, 3.8) is 0 Å². The van der Waals surface area contributed by atoms with Crippen LogP contribution in [0.2, 0.25) is 0 Å². The van der Waals surface area contributed by atoms with E-state index in [0.717, 1.165) is 37.9 Å². The van der Waals surface area contributed by atoms with Crippen molar-refractivity contribution in [3.05, 3.63) is 48.0 Å². The second kappa shape index (κ2) is 8.59. The normalized spacial score (nSPS) is 25.5. The Labute approximate surface area is 158 Å². The molecule has 2 aliphatic heterocycles. The minimum atomic E-state index is -0.155. The molecule has 3 atom stereocenters. The summed E-state index contributed by atoms with van der Waals surface area (Å²) in [7, 11) is 0. The number of halogens is 1.